The van der Waals surface area contributed by atoms with Crippen LogP contribution < -0.4 is 10.6 Å². The molecule has 0 radical (unpaired) electrons. The lowest BCUT2D eigenvalue weighted by atomic mass is 10.00. The van der Waals surface area contributed by atoms with Crippen molar-refractivity contribution in [1.29, 1.82) is 0 Å². The van der Waals surface area contributed by atoms with Crippen LogP contribution >= 0.6 is 12.2 Å². The van der Waals surface area contributed by atoms with Gasteiger partial charge >= 0.3 is 5.97 Å². The third-order valence-corrected chi connectivity index (χ3v) is 4.03. The first-order chi connectivity index (χ1) is 9.95. The molecule has 6 nitrogen and oxygen atoms in total. The Hall–Kier alpha value is -1.63. The summed E-state index contributed by atoms with van der Waals surface area (Å²) < 4.78 is 6.82. The van der Waals surface area contributed by atoms with Crippen molar-refractivity contribution in [3.05, 3.63) is 11.4 Å². The van der Waals surface area contributed by atoms with Gasteiger partial charge in [0.15, 0.2) is 5.69 Å². The number of esters is 1. The number of anilines is 1. The summed E-state index contributed by atoms with van der Waals surface area (Å²) >= 11 is 5.02. The highest BCUT2D eigenvalue weighted by atomic mass is 32.1. The molecule has 1 saturated heterocycles. The molecule has 0 amide bonds. The number of nitrogens with two attached hydrogens (primary N) is 1. The summed E-state index contributed by atoms with van der Waals surface area (Å²) in [7, 11) is 1.80. The molecule has 2 rings (SSSR count). The predicted octanol–water partition coefficient (Wildman–Crippen LogP) is 1.47. The molecule has 0 spiro atoms. The van der Waals surface area contributed by atoms with E-state index < -0.39 is 5.97 Å². The van der Waals surface area contributed by atoms with Crippen LogP contribution in [0.25, 0.3) is 0 Å². The van der Waals surface area contributed by atoms with Crippen LogP contribution in [0, 0.1) is 5.92 Å². The van der Waals surface area contributed by atoms with E-state index in [2.05, 4.69) is 16.8 Å². The predicted molar refractivity (Wildman–Crippen MR) is 85.7 cm³/mol. The van der Waals surface area contributed by atoms with Crippen LogP contribution in [0.3, 0.4) is 0 Å². The van der Waals surface area contributed by atoms with E-state index in [1.54, 1.807) is 18.5 Å². The van der Waals surface area contributed by atoms with E-state index in [4.69, 9.17) is 22.7 Å². The molecule has 1 aliphatic rings. The monoisotopic (exact) mass is 310 g/mol. The SMILES string of the molecule is CCOC(=O)c1c(C(N)=S)nc(N2CCC(C)CC2)n1C. The summed E-state index contributed by atoms with van der Waals surface area (Å²) in [6.07, 6.45) is 2.23. The van der Waals surface area contributed by atoms with Crippen LogP contribution in [-0.4, -0.2) is 40.2 Å². The second kappa shape index (κ2) is 6.43. The molecule has 116 valence electrons. The van der Waals surface area contributed by atoms with E-state index in [-0.39, 0.29) is 4.99 Å². The minimum Gasteiger partial charge on any atom is -0.461 e. The van der Waals surface area contributed by atoms with Gasteiger partial charge in [0.05, 0.1) is 6.61 Å². The lowest BCUT2D eigenvalue weighted by Crippen LogP contribution is -2.34. The van der Waals surface area contributed by atoms with E-state index in [1.165, 1.54) is 0 Å². The van der Waals surface area contributed by atoms with Gasteiger partial charge in [0.2, 0.25) is 5.95 Å². The lowest BCUT2D eigenvalue weighted by molar-refractivity contribution is 0.0515. The van der Waals surface area contributed by atoms with Crippen LogP contribution in [-0.2, 0) is 11.8 Å². The maximum atomic E-state index is 12.1. The summed E-state index contributed by atoms with van der Waals surface area (Å²) in [4.78, 5) is 18.9. The van der Waals surface area contributed by atoms with Crippen LogP contribution in [0.5, 0.6) is 0 Å². The fourth-order valence-corrected chi connectivity index (χ4v) is 2.73. The molecule has 7 heteroatoms. The second-order valence-electron chi connectivity index (χ2n) is 5.42. The van der Waals surface area contributed by atoms with Crippen LogP contribution in [0.4, 0.5) is 5.95 Å². The standard InChI is InChI=1S/C14H22N4O2S/c1-4-20-13(19)11-10(12(15)21)16-14(17(11)3)18-7-5-9(2)6-8-18/h9H,4-8H2,1-3H3,(H2,15,21). The Kier molecular flexibility index (Phi) is 4.82. The molecule has 1 fully saturated rings. The van der Waals surface area contributed by atoms with Crippen molar-refractivity contribution in [3.8, 4) is 0 Å². The normalized spacial score (nSPS) is 16.0. The highest BCUT2D eigenvalue weighted by Gasteiger charge is 2.27. The van der Waals surface area contributed by atoms with Crippen LogP contribution in [0.1, 0.15) is 42.9 Å². The number of thiocarbonyl (C=S) groups is 1. The van der Waals surface area contributed by atoms with E-state index in [9.17, 15) is 4.79 Å². The third kappa shape index (κ3) is 3.18. The van der Waals surface area contributed by atoms with E-state index in [0.29, 0.717) is 18.0 Å². The summed E-state index contributed by atoms with van der Waals surface area (Å²) in [6, 6.07) is 0. The Morgan fingerprint density at radius 3 is 2.62 bits per heavy atom. The van der Waals surface area contributed by atoms with E-state index >= 15 is 0 Å². The number of carbonyl (C=O) groups is 1. The zero-order valence-corrected chi connectivity index (χ0v) is 13.6. The molecule has 2 heterocycles. The minimum atomic E-state index is -0.438. The van der Waals surface area contributed by atoms with Gasteiger partial charge in [0.1, 0.15) is 10.7 Å². The zero-order chi connectivity index (χ0) is 15.6. The van der Waals surface area contributed by atoms with Crippen molar-refractivity contribution in [1.82, 2.24) is 9.55 Å². The Labute approximate surface area is 130 Å². The van der Waals surface area contributed by atoms with Crippen molar-refractivity contribution in [2.75, 3.05) is 24.6 Å². The first-order valence-electron chi connectivity index (χ1n) is 7.24. The molecule has 0 aliphatic carbocycles. The molecule has 0 saturated carbocycles. The summed E-state index contributed by atoms with van der Waals surface area (Å²) in [5, 5.41) is 0. The Morgan fingerprint density at radius 1 is 1.48 bits per heavy atom. The average Bonchev–Trinajstić information content (AvgIpc) is 2.78. The lowest BCUT2D eigenvalue weighted by Gasteiger charge is -2.31. The minimum absolute atomic E-state index is 0.116. The van der Waals surface area contributed by atoms with Gasteiger partial charge in [-0.15, -0.1) is 0 Å². The fourth-order valence-electron chi connectivity index (χ4n) is 2.58. The highest BCUT2D eigenvalue weighted by molar-refractivity contribution is 7.80. The molecule has 0 aromatic carbocycles. The van der Waals surface area contributed by atoms with Crippen molar-refractivity contribution in [2.24, 2.45) is 18.7 Å². The molecule has 0 atom stereocenters. The zero-order valence-electron chi connectivity index (χ0n) is 12.8. The molecule has 1 aliphatic heterocycles. The topological polar surface area (TPSA) is 73.4 Å². The Morgan fingerprint density at radius 2 is 2.10 bits per heavy atom. The first-order valence-corrected chi connectivity index (χ1v) is 7.65. The van der Waals surface area contributed by atoms with Gasteiger partial charge in [-0.3, -0.25) is 0 Å². The van der Waals surface area contributed by atoms with Gasteiger partial charge in [-0.1, -0.05) is 19.1 Å². The smallest absolute Gasteiger partial charge is 0.357 e. The van der Waals surface area contributed by atoms with Gasteiger partial charge < -0.3 is 19.9 Å². The molecule has 0 unspecified atom stereocenters. The molecular weight excluding hydrogens is 288 g/mol. The number of ether oxygens (including phenoxy) is 1. The Bertz CT molecular complexity index is 547. The van der Waals surface area contributed by atoms with E-state index in [0.717, 1.165) is 37.8 Å². The number of imidazole rings is 1. The molecular formula is C14H22N4O2S. The van der Waals surface area contributed by atoms with Gasteiger partial charge in [-0.05, 0) is 25.7 Å². The largest absolute Gasteiger partial charge is 0.461 e. The fraction of sp³-hybridized carbons (Fsp3) is 0.643. The number of carbonyl (C=O) groups excluding carboxylic acids is 1. The number of piperidine rings is 1. The number of aromatic nitrogens is 2. The van der Waals surface area contributed by atoms with Crippen molar-refractivity contribution < 1.29 is 9.53 Å². The second-order valence-corrected chi connectivity index (χ2v) is 5.86. The maximum absolute atomic E-state index is 12.1. The number of rotatable bonds is 4. The summed E-state index contributed by atoms with van der Waals surface area (Å²) in [6.45, 7) is 6.16. The Balaban J connectivity index is 2.37. The number of hydrogen-bond donors (Lipinski definition) is 1. The van der Waals surface area contributed by atoms with Crippen LogP contribution in [0.2, 0.25) is 0 Å². The maximum Gasteiger partial charge on any atom is 0.357 e. The number of nitrogens with zero attached hydrogens (tertiary/aromatic N) is 3. The van der Waals surface area contributed by atoms with Crippen LogP contribution in [0.15, 0.2) is 0 Å². The van der Waals surface area contributed by atoms with Crippen molar-refractivity contribution in [2.45, 2.75) is 26.7 Å². The quantitative estimate of drug-likeness (QED) is 0.670. The van der Waals surface area contributed by atoms with Crippen molar-refractivity contribution >= 4 is 29.1 Å². The number of hydrogen-bond acceptors (Lipinski definition) is 5. The van der Waals surface area contributed by atoms with E-state index in [1.807, 2.05) is 0 Å². The highest BCUT2D eigenvalue weighted by Crippen LogP contribution is 2.24. The molecule has 21 heavy (non-hydrogen) atoms. The average molecular weight is 310 g/mol. The molecule has 0 bridgehead atoms. The summed E-state index contributed by atoms with van der Waals surface area (Å²) in [5.41, 5.74) is 6.39. The van der Waals surface area contributed by atoms with Gasteiger partial charge in [-0.2, -0.15) is 0 Å². The van der Waals surface area contributed by atoms with Gasteiger partial charge in [-0.25, -0.2) is 9.78 Å². The molecule has 2 N–H and O–H groups in total. The molecule has 1 aromatic rings. The summed E-state index contributed by atoms with van der Waals surface area (Å²) in [5.74, 6) is 1.01. The molecule has 1 aromatic heterocycles. The first kappa shape index (κ1) is 15.8. The third-order valence-electron chi connectivity index (χ3n) is 3.84. The van der Waals surface area contributed by atoms with Gasteiger partial charge in [0.25, 0.3) is 0 Å². The van der Waals surface area contributed by atoms with Gasteiger partial charge in [0, 0.05) is 20.1 Å². The van der Waals surface area contributed by atoms with Crippen molar-refractivity contribution in [3.63, 3.8) is 0 Å².